The highest BCUT2D eigenvalue weighted by atomic mass is 79.9. The highest BCUT2D eigenvalue weighted by molar-refractivity contribution is 9.10. The highest BCUT2D eigenvalue weighted by Gasteiger charge is 2.56. The van der Waals surface area contributed by atoms with Crippen LogP contribution in [0.15, 0.2) is 40.9 Å². The SMILES string of the molecule is O=C1[C@@H]2[C@@H](C(=O)N1Cc1ccc(Br)cc1)[C@H]1C=C[C@H]2CC1. The Kier molecular flexibility index (Phi) is 3.03. The van der Waals surface area contributed by atoms with E-state index in [9.17, 15) is 9.59 Å². The molecular formula is C17H16BrNO2. The lowest BCUT2D eigenvalue weighted by atomic mass is 9.63. The van der Waals surface area contributed by atoms with Crippen LogP contribution in [0.2, 0.25) is 0 Å². The van der Waals surface area contributed by atoms with Gasteiger partial charge in [0.25, 0.3) is 0 Å². The number of hydrogen-bond acceptors (Lipinski definition) is 2. The van der Waals surface area contributed by atoms with Crippen LogP contribution in [0.25, 0.3) is 0 Å². The van der Waals surface area contributed by atoms with Gasteiger partial charge in [0.15, 0.2) is 0 Å². The zero-order valence-electron chi connectivity index (χ0n) is 11.5. The molecule has 2 fully saturated rings. The first-order valence-electron chi connectivity index (χ1n) is 7.43. The Hall–Kier alpha value is -1.42. The minimum Gasteiger partial charge on any atom is -0.278 e. The normalized spacial score (nSPS) is 33.7. The summed E-state index contributed by atoms with van der Waals surface area (Å²) in [4.78, 5) is 26.8. The van der Waals surface area contributed by atoms with Crippen LogP contribution >= 0.6 is 15.9 Å². The molecule has 0 spiro atoms. The van der Waals surface area contributed by atoms with Gasteiger partial charge in [-0.25, -0.2) is 0 Å². The number of nitrogens with zero attached hydrogens (tertiary/aromatic N) is 1. The number of hydrogen-bond donors (Lipinski definition) is 0. The number of fused-ring (bicyclic) bond motifs is 1. The van der Waals surface area contributed by atoms with E-state index in [1.165, 1.54) is 4.90 Å². The summed E-state index contributed by atoms with van der Waals surface area (Å²) in [6.07, 6.45) is 6.41. The minimum atomic E-state index is -0.100. The second kappa shape index (κ2) is 4.80. The molecule has 1 aromatic rings. The van der Waals surface area contributed by atoms with Crippen molar-refractivity contribution in [2.45, 2.75) is 19.4 Å². The Morgan fingerprint density at radius 2 is 1.48 bits per heavy atom. The monoisotopic (exact) mass is 345 g/mol. The van der Waals surface area contributed by atoms with Gasteiger partial charge < -0.3 is 0 Å². The van der Waals surface area contributed by atoms with Gasteiger partial charge in [0.2, 0.25) is 11.8 Å². The zero-order valence-corrected chi connectivity index (χ0v) is 13.1. The van der Waals surface area contributed by atoms with Gasteiger partial charge in [-0.05, 0) is 42.4 Å². The van der Waals surface area contributed by atoms with Gasteiger partial charge in [-0.1, -0.05) is 40.2 Å². The van der Waals surface area contributed by atoms with E-state index in [2.05, 4.69) is 28.1 Å². The van der Waals surface area contributed by atoms with Crippen molar-refractivity contribution in [2.24, 2.45) is 23.7 Å². The molecule has 2 bridgehead atoms. The Balaban J connectivity index is 1.61. The van der Waals surface area contributed by atoms with Crippen LogP contribution in [0, 0.1) is 23.7 Å². The summed E-state index contributed by atoms with van der Waals surface area (Å²) in [5.41, 5.74) is 0.999. The average Bonchev–Trinajstić information content (AvgIpc) is 2.78. The smallest absolute Gasteiger partial charge is 0.234 e. The number of halogens is 1. The lowest BCUT2D eigenvalue weighted by Crippen LogP contribution is -2.38. The number of likely N-dealkylation sites (tertiary alicyclic amines) is 1. The van der Waals surface area contributed by atoms with E-state index in [0.29, 0.717) is 6.54 Å². The molecule has 0 aromatic heterocycles. The first kappa shape index (κ1) is 13.3. The van der Waals surface area contributed by atoms with Crippen LogP contribution in [0.3, 0.4) is 0 Å². The number of carbonyl (C=O) groups is 2. The fourth-order valence-corrected chi connectivity index (χ4v) is 4.33. The molecule has 4 aliphatic rings. The predicted molar refractivity (Wildman–Crippen MR) is 82.0 cm³/mol. The van der Waals surface area contributed by atoms with Gasteiger partial charge in [-0.15, -0.1) is 0 Å². The lowest BCUT2D eigenvalue weighted by molar-refractivity contribution is -0.140. The third kappa shape index (κ3) is 2.00. The molecule has 1 aromatic carbocycles. The van der Waals surface area contributed by atoms with E-state index in [1.54, 1.807) is 0 Å². The topological polar surface area (TPSA) is 37.4 Å². The fraction of sp³-hybridized carbons (Fsp3) is 0.412. The van der Waals surface area contributed by atoms with Gasteiger partial charge >= 0.3 is 0 Å². The van der Waals surface area contributed by atoms with Crippen molar-refractivity contribution in [3.05, 3.63) is 46.5 Å². The third-order valence-corrected chi connectivity index (χ3v) is 5.63. The molecule has 3 aliphatic carbocycles. The van der Waals surface area contributed by atoms with E-state index in [4.69, 9.17) is 0 Å². The van der Waals surface area contributed by atoms with E-state index in [1.807, 2.05) is 24.3 Å². The van der Waals surface area contributed by atoms with Crippen molar-refractivity contribution >= 4 is 27.7 Å². The second-order valence-corrected chi connectivity index (χ2v) is 7.15. The molecule has 2 amide bonds. The number of amides is 2. The van der Waals surface area contributed by atoms with Gasteiger partial charge in [0.05, 0.1) is 18.4 Å². The molecule has 21 heavy (non-hydrogen) atoms. The van der Waals surface area contributed by atoms with Crippen molar-refractivity contribution < 1.29 is 9.59 Å². The number of carbonyl (C=O) groups excluding carboxylic acids is 2. The highest BCUT2D eigenvalue weighted by Crippen LogP contribution is 2.49. The number of rotatable bonds is 2. The molecule has 1 aliphatic heterocycles. The summed E-state index contributed by atoms with van der Waals surface area (Å²) in [7, 11) is 0. The van der Waals surface area contributed by atoms with Crippen LogP contribution in [0.5, 0.6) is 0 Å². The summed E-state index contributed by atoms with van der Waals surface area (Å²) in [5, 5.41) is 0. The second-order valence-electron chi connectivity index (χ2n) is 6.23. The van der Waals surface area contributed by atoms with Crippen LogP contribution in [-0.2, 0) is 16.1 Å². The maximum atomic E-state index is 12.7. The number of allylic oxidation sites excluding steroid dienone is 2. The fourth-order valence-electron chi connectivity index (χ4n) is 4.06. The van der Waals surface area contributed by atoms with Crippen molar-refractivity contribution in [2.75, 3.05) is 0 Å². The summed E-state index contributed by atoms with van der Waals surface area (Å²) >= 11 is 3.40. The predicted octanol–water partition coefficient (Wildman–Crippen LogP) is 3.15. The van der Waals surface area contributed by atoms with Gasteiger partial charge in [0.1, 0.15) is 0 Å². The largest absolute Gasteiger partial charge is 0.278 e. The molecule has 0 unspecified atom stereocenters. The maximum absolute atomic E-state index is 12.7. The number of benzene rings is 1. The maximum Gasteiger partial charge on any atom is 0.234 e. The van der Waals surface area contributed by atoms with Crippen molar-refractivity contribution in [3.63, 3.8) is 0 Å². The Morgan fingerprint density at radius 3 is 1.95 bits per heavy atom. The molecule has 4 heteroatoms. The van der Waals surface area contributed by atoms with E-state index >= 15 is 0 Å². The van der Waals surface area contributed by atoms with Crippen molar-refractivity contribution in [1.29, 1.82) is 0 Å². The van der Waals surface area contributed by atoms with E-state index < -0.39 is 0 Å². The standard InChI is InChI=1S/C17H16BrNO2/c18-13-7-1-10(2-8-13)9-19-16(20)14-11-3-4-12(6-5-11)15(14)17(19)21/h1-4,7-8,11-12,14-15H,5-6,9H2/t11-,12-,14-,15-/m0/s1. The number of imide groups is 1. The van der Waals surface area contributed by atoms with Gasteiger partial charge in [-0.3, -0.25) is 14.5 Å². The van der Waals surface area contributed by atoms with Crippen LogP contribution in [-0.4, -0.2) is 16.7 Å². The first-order valence-corrected chi connectivity index (χ1v) is 8.22. The molecule has 108 valence electrons. The summed E-state index contributed by atoms with van der Waals surface area (Å²) in [5.74, 6) is 0.407. The third-order valence-electron chi connectivity index (χ3n) is 5.10. The van der Waals surface area contributed by atoms with Crippen LogP contribution in [0.4, 0.5) is 0 Å². The van der Waals surface area contributed by atoms with Crippen LogP contribution in [0.1, 0.15) is 18.4 Å². The first-order chi connectivity index (χ1) is 10.1. The van der Waals surface area contributed by atoms with E-state index in [0.717, 1.165) is 22.9 Å². The summed E-state index contributed by atoms with van der Waals surface area (Å²) in [6, 6.07) is 7.80. The summed E-state index contributed by atoms with van der Waals surface area (Å²) < 4.78 is 1.00. The molecule has 5 rings (SSSR count). The molecule has 0 radical (unpaired) electrons. The minimum absolute atomic E-state index is 0.0342. The molecule has 4 atom stereocenters. The molecular weight excluding hydrogens is 330 g/mol. The van der Waals surface area contributed by atoms with Crippen LogP contribution < -0.4 is 0 Å². The molecule has 0 N–H and O–H groups in total. The Labute approximate surface area is 132 Å². The summed E-state index contributed by atoms with van der Waals surface area (Å²) in [6.45, 7) is 0.400. The average molecular weight is 346 g/mol. The lowest BCUT2D eigenvalue weighted by Gasteiger charge is -2.38. The Bertz CT molecular complexity index is 605. The molecule has 1 heterocycles. The quantitative estimate of drug-likeness (QED) is 0.609. The van der Waals surface area contributed by atoms with Crippen molar-refractivity contribution in [1.82, 2.24) is 4.90 Å². The van der Waals surface area contributed by atoms with Gasteiger partial charge in [0, 0.05) is 4.47 Å². The molecule has 1 saturated heterocycles. The zero-order chi connectivity index (χ0) is 14.6. The Morgan fingerprint density at radius 1 is 0.952 bits per heavy atom. The molecule has 3 nitrogen and oxygen atoms in total. The molecule has 1 saturated carbocycles. The van der Waals surface area contributed by atoms with Crippen molar-refractivity contribution in [3.8, 4) is 0 Å². The van der Waals surface area contributed by atoms with E-state index in [-0.39, 0.29) is 35.5 Å². The van der Waals surface area contributed by atoms with Gasteiger partial charge in [-0.2, -0.15) is 0 Å².